The molecule has 0 unspecified atom stereocenters. The Hall–Kier alpha value is -2.36. The second-order valence-electron chi connectivity index (χ2n) is 8.15. The minimum absolute atomic E-state index is 0.00886. The summed E-state index contributed by atoms with van der Waals surface area (Å²) in [6, 6.07) is 7.97. The summed E-state index contributed by atoms with van der Waals surface area (Å²) in [7, 11) is -3.23. The number of rotatable bonds is 5. The third kappa shape index (κ3) is 4.78. The van der Waals surface area contributed by atoms with Crippen LogP contribution in [0, 0.1) is 19.8 Å². The van der Waals surface area contributed by atoms with Gasteiger partial charge >= 0.3 is 0 Å². The van der Waals surface area contributed by atoms with E-state index in [1.165, 1.54) is 21.9 Å². The normalized spacial score (nSPS) is 16.0. The molecule has 0 atom stereocenters. The number of nitrogens with zero attached hydrogens (tertiary/aromatic N) is 4. The zero-order valence-corrected chi connectivity index (χ0v) is 19.5. The highest BCUT2D eigenvalue weighted by Crippen LogP contribution is 2.34. The molecule has 1 aliphatic rings. The van der Waals surface area contributed by atoms with Gasteiger partial charge in [0.2, 0.25) is 15.9 Å². The molecule has 0 aliphatic carbocycles. The lowest BCUT2D eigenvalue weighted by Gasteiger charge is -2.32. The van der Waals surface area contributed by atoms with Gasteiger partial charge < -0.3 is 0 Å². The maximum absolute atomic E-state index is 13.6. The van der Waals surface area contributed by atoms with Crippen molar-refractivity contribution >= 4 is 42.6 Å². The second kappa shape index (κ2) is 8.64. The zero-order valence-electron chi connectivity index (χ0n) is 17.9. The molecule has 0 N–H and O–H groups in total. The fourth-order valence-corrected chi connectivity index (χ4v) is 5.94. The lowest BCUT2D eigenvalue weighted by Crippen LogP contribution is -2.44. The van der Waals surface area contributed by atoms with Crippen molar-refractivity contribution in [2.45, 2.75) is 33.2 Å². The van der Waals surface area contributed by atoms with Gasteiger partial charge in [-0.2, -0.15) is 0 Å². The number of hydrogen-bond acceptors (Lipinski definition) is 6. The first-order valence-corrected chi connectivity index (χ1v) is 12.9. The summed E-state index contributed by atoms with van der Waals surface area (Å²) in [6.07, 6.45) is 5.71. The van der Waals surface area contributed by atoms with E-state index in [-0.39, 0.29) is 11.8 Å². The second-order valence-corrected chi connectivity index (χ2v) is 11.1. The maximum Gasteiger partial charge on any atom is 0.232 e. The highest BCUT2D eigenvalue weighted by atomic mass is 32.2. The van der Waals surface area contributed by atoms with Crippen molar-refractivity contribution in [3.8, 4) is 0 Å². The molecule has 1 fully saturated rings. The maximum atomic E-state index is 13.6. The molecule has 4 rings (SSSR count). The minimum atomic E-state index is -3.23. The Bertz CT molecular complexity index is 1200. The average molecular weight is 459 g/mol. The van der Waals surface area contributed by atoms with Crippen LogP contribution in [-0.4, -0.2) is 47.9 Å². The number of piperidine rings is 1. The van der Waals surface area contributed by atoms with Crippen LogP contribution in [0.1, 0.15) is 29.5 Å². The van der Waals surface area contributed by atoms with Crippen LogP contribution >= 0.6 is 11.3 Å². The van der Waals surface area contributed by atoms with Crippen molar-refractivity contribution < 1.29 is 13.2 Å². The quantitative estimate of drug-likeness (QED) is 0.584. The summed E-state index contributed by atoms with van der Waals surface area (Å²) in [5.74, 6) is -0.241. The van der Waals surface area contributed by atoms with Gasteiger partial charge in [0.1, 0.15) is 0 Å². The van der Waals surface area contributed by atoms with Gasteiger partial charge in [-0.1, -0.05) is 23.5 Å². The van der Waals surface area contributed by atoms with E-state index in [4.69, 9.17) is 4.98 Å². The molecule has 9 heteroatoms. The van der Waals surface area contributed by atoms with Gasteiger partial charge in [0.05, 0.1) is 23.0 Å². The van der Waals surface area contributed by atoms with E-state index >= 15 is 0 Å². The van der Waals surface area contributed by atoms with Gasteiger partial charge in [0.25, 0.3) is 0 Å². The highest BCUT2D eigenvalue weighted by molar-refractivity contribution is 7.88. The van der Waals surface area contributed by atoms with Crippen LogP contribution in [-0.2, 0) is 21.4 Å². The van der Waals surface area contributed by atoms with Gasteiger partial charge in [-0.25, -0.2) is 17.7 Å². The number of aromatic nitrogens is 2. The standard InChI is InChI=1S/C22H26N4O3S2/c1-15-11-16(2)20-19(12-15)24-22(30-20)26(14-17-5-4-8-23-13-17)21(27)18-6-9-25(10-7-18)31(3,28)29/h4-5,8,11-13,18H,6-7,9-10,14H2,1-3H3. The number of amides is 1. The van der Waals surface area contributed by atoms with Crippen molar-refractivity contribution in [1.29, 1.82) is 0 Å². The van der Waals surface area contributed by atoms with E-state index in [2.05, 4.69) is 18.0 Å². The fourth-order valence-electron chi connectivity index (χ4n) is 4.05. The zero-order chi connectivity index (χ0) is 22.2. The smallest absolute Gasteiger partial charge is 0.232 e. The van der Waals surface area contributed by atoms with Crippen LogP contribution in [0.15, 0.2) is 36.7 Å². The minimum Gasteiger partial charge on any atom is -0.283 e. The van der Waals surface area contributed by atoms with E-state index in [9.17, 15) is 13.2 Å². The summed E-state index contributed by atoms with van der Waals surface area (Å²) in [5, 5.41) is 0.670. The number of anilines is 1. The monoisotopic (exact) mass is 458 g/mol. The molecule has 3 heterocycles. The Morgan fingerprint density at radius 1 is 1.26 bits per heavy atom. The van der Waals surface area contributed by atoms with Crippen LogP contribution in [0.2, 0.25) is 0 Å². The number of fused-ring (bicyclic) bond motifs is 1. The van der Waals surface area contributed by atoms with Gasteiger partial charge in [-0.15, -0.1) is 0 Å². The van der Waals surface area contributed by atoms with Crippen LogP contribution in [0.25, 0.3) is 10.2 Å². The van der Waals surface area contributed by atoms with Gasteiger partial charge in [-0.3, -0.25) is 14.7 Å². The van der Waals surface area contributed by atoms with Crippen LogP contribution < -0.4 is 4.90 Å². The van der Waals surface area contributed by atoms with E-state index in [0.717, 1.165) is 26.9 Å². The third-order valence-corrected chi connectivity index (χ3v) is 8.17. The van der Waals surface area contributed by atoms with Crippen molar-refractivity contribution in [3.63, 3.8) is 0 Å². The molecule has 1 aliphatic heterocycles. The van der Waals surface area contributed by atoms with Gasteiger partial charge in [0, 0.05) is 31.4 Å². The summed E-state index contributed by atoms with van der Waals surface area (Å²) in [4.78, 5) is 24.3. The van der Waals surface area contributed by atoms with Crippen LogP contribution in [0.4, 0.5) is 5.13 Å². The number of carbonyl (C=O) groups is 1. The molecule has 1 aromatic carbocycles. The number of sulfonamides is 1. The van der Waals surface area contributed by atoms with Gasteiger partial charge in [-0.05, 0) is 55.5 Å². The number of hydrogen-bond donors (Lipinski definition) is 0. The van der Waals surface area contributed by atoms with E-state index < -0.39 is 10.0 Å². The molecular weight excluding hydrogens is 432 g/mol. The number of benzene rings is 1. The number of carbonyl (C=O) groups excluding carboxylic acids is 1. The summed E-state index contributed by atoms with van der Waals surface area (Å²) in [6.45, 7) is 5.23. The Kier molecular flexibility index (Phi) is 6.09. The van der Waals surface area contributed by atoms with E-state index in [1.807, 2.05) is 25.1 Å². The predicted octanol–water partition coefficient (Wildman–Crippen LogP) is 3.51. The predicted molar refractivity (Wildman–Crippen MR) is 124 cm³/mol. The molecule has 7 nitrogen and oxygen atoms in total. The molecular formula is C22H26N4O3S2. The third-order valence-electron chi connectivity index (χ3n) is 5.64. The van der Waals surface area contributed by atoms with Gasteiger partial charge in [0.15, 0.2) is 5.13 Å². The van der Waals surface area contributed by atoms with Crippen LogP contribution in [0.3, 0.4) is 0 Å². The molecule has 164 valence electrons. The summed E-state index contributed by atoms with van der Waals surface area (Å²) >= 11 is 1.52. The Morgan fingerprint density at radius 2 is 2.00 bits per heavy atom. The molecule has 31 heavy (non-hydrogen) atoms. The van der Waals surface area contributed by atoms with E-state index in [1.54, 1.807) is 17.3 Å². The molecule has 1 saturated heterocycles. The Morgan fingerprint density at radius 3 is 2.65 bits per heavy atom. The molecule has 1 amide bonds. The van der Waals surface area contributed by atoms with Crippen molar-refractivity contribution in [2.75, 3.05) is 24.2 Å². The Balaban J connectivity index is 1.65. The van der Waals surface area contributed by atoms with Crippen molar-refractivity contribution in [2.24, 2.45) is 5.92 Å². The average Bonchev–Trinajstić information content (AvgIpc) is 3.16. The van der Waals surface area contributed by atoms with Crippen LogP contribution in [0.5, 0.6) is 0 Å². The van der Waals surface area contributed by atoms with E-state index in [0.29, 0.717) is 37.6 Å². The Labute approximate surface area is 186 Å². The summed E-state index contributed by atoms with van der Waals surface area (Å²) < 4.78 is 26.2. The first-order valence-electron chi connectivity index (χ1n) is 10.3. The molecule has 3 aromatic rings. The first kappa shape index (κ1) is 21.9. The number of thiazole rings is 1. The van der Waals surface area contributed by atoms with Crippen molar-refractivity contribution in [1.82, 2.24) is 14.3 Å². The number of aryl methyl sites for hydroxylation is 2. The fraction of sp³-hybridized carbons (Fsp3) is 0.409. The largest absolute Gasteiger partial charge is 0.283 e. The SMILES string of the molecule is Cc1cc(C)c2sc(N(Cc3cccnc3)C(=O)C3CCN(S(C)(=O)=O)CC3)nc2c1. The molecule has 0 spiro atoms. The highest BCUT2D eigenvalue weighted by Gasteiger charge is 2.33. The molecule has 2 aromatic heterocycles. The molecule has 0 radical (unpaired) electrons. The lowest BCUT2D eigenvalue weighted by molar-refractivity contribution is -0.123. The molecule has 0 bridgehead atoms. The van der Waals surface area contributed by atoms with Crippen molar-refractivity contribution in [3.05, 3.63) is 53.3 Å². The topological polar surface area (TPSA) is 83.5 Å². The first-order chi connectivity index (χ1) is 14.7. The molecule has 0 saturated carbocycles. The summed E-state index contributed by atoms with van der Waals surface area (Å²) in [5.41, 5.74) is 4.11. The lowest BCUT2D eigenvalue weighted by atomic mass is 9.96. The number of pyridine rings is 1.